The van der Waals surface area contributed by atoms with Gasteiger partial charge >= 0.3 is 0 Å². The molecule has 1 atom stereocenters. The molecular formula is C10H19N5O2. The van der Waals surface area contributed by atoms with Crippen molar-refractivity contribution in [1.29, 1.82) is 0 Å². The van der Waals surface area contributed by atoms with E-state index in [1.807, 2.05) is 13.8 Å². The Labute approximate surface area is 101 Å². The Balaban J connectivity index is 2.31. The average molecular weight is 241 g/mol. The van der Waals surface area contributed by atoms with Crippen LogP contribution in [0.4, 0.5) is 0 Å². The van der Waals surface area contributed by atoms with Crippen molar-refractivity contribution in [2.24, 2.45) is 11.0 Å². The molecule has 1 aliphatic rings. The smallest absolute Gasteiger partial charge is 0.222 e. The van der Waals surface area contributed by atoms with Gasteiger partial charge in [-0.2, -0.15) is 5.10 Å². The van der Waals surface area contributed by atoms with Gasteiger partial charge in [-0.1, -0.05) is 13.8 Å². The number of nitrogens with zero attached hydrogens (tertiary/aromatic N) is 2. The molecule has 7 heteroatoms. The van der Waals surface area contributed by atoms with Crippen LogP contribution in [0.1, 0.15) is 27.2 Å². The highest BCUT2D eigenvalue weighted by Gasteiger charge is 2.20. The van der Waals surface area contributed by atoms with Crippen LogP contribution in [0.25, 0.3) is 0 Å². The number of hydrazine groups is 2. The molecule has 1 unspecified atom stereocenters. The second-order valence-electron chi connectivity index (χ2n) is 4.31. The number of hydrogen-bond donors (Lipinski definition) is 3. The van der Waals surface area contributed by atoms with Crippen LogP contribution < -0.4 is 16.4 Å². The monoisotopic (exact) mass is 241 g/mol. The van der Waals surface area contributed by atoms with Crippen LogP contribution in [0.3, 0.4) is 0 Å². The van der Waals surface area contributed by atoms with Gasteiger partial charge in [0.1, 0.15) is 6.34 Å². The summed E-state index contributed by atoms with van der Waals surface area (Å²) in [6.07, 6.45) is 1.86. The molecule has 0 aromatic rings. The van der Waals surface area contributed by atoms with Crippen molar-refractivity contribution in [2.75, 3.05) is 6.54 Å². The number of carbonyl (C=O) groups excluding carboxylic acids is 2. The number of ketones is 1. The standard InChI is InChI=1S/C10H19N5O2/c1-7(2)10(8(3)16)12-9(17)4-5-15-6-11-13-14-15/h6-7,10,13-14H,4-5H2,1-3H3,(H,12,17). The minimum atomic E-state index is -0.402. The van der Waals surface area contributed by atoms with Crippen LogP contribution in [0.5, 0.6) is 0 Å². The van der Waals surface area contributed by atoms with Crippen molar-refractivity contribution >= 4 is 18.0 Å². The highest BCUT2D eigenvalue weighted by atomic mass is 16.2. The number of amides is 1. The van der Waals surface area contributed by atoms with Gasteiger partial charge in [0.25, 0.3) is 0 Å². The summed E-state index contributed by atoms with van der Waals surface area (Å²) in [5, 5.41) is 8.10. The SMILES string of the molecule is CC(=O)C(NC(=O)CCN1C=NNN1)C(C)C. The van der Waals surface area contributed by atoms with Gasteiger partial charge in [-0.3, -0.25) is 14.6 Å². The number of hydrazone groups is 1. The molecule has 1 amide bonds. The quantitative estimate of drug-likeness (QED) is 0.577. The van der Waals surface area contributed by atoms with E-state index in [1.165, 1.54) is 6.92 Å². The first-order chi connectivity index (χ1) is 8.00. The lowest BCUT2D eigenvalue weighted by Crippen LogP contribution is -2.45. The van der Waals surface area contributed by atoms with Crippen molar-refractivity contribution < 1.29 is 9.59 Å². The summed E-state index contributed by atoms with van der Waals surface area (Å²) in [6.45, 7) is 5.80. The highest BCUT2D eigenvalue weighted by molar-refractivity contribution is 5.87. The zero-order valence-corrected chi connectivity index (χ0v) is 10.4. The molecule has 3 N–H and O–H groups in total. The van der Waals surface area contributed by atoms with E-state index in [0.29, 0.717) is 13.0 Å². The Morgan fingerprint density at radius 2 is 2.18 bits per heavy atom. The predicted molar refractivity (Wildman–Crippen MR) is 63.5 cm³/mol. The number of nitrogens with one attached hydrogen (secondary N) is 3. The third kappa shape index (κ3) is 4.39. The van der Waals surface area contributed by atoms with Crippen molar-refractivity contribution in [3.8, 4) is 0 Å². The fourth-order valence-electron chi connectivity index (χ4n) is 1.54. The minimum Gasteiger partial charge on any atom is -0.346 e. The normalized spacial score (nSPS) is 15.9. The zero-order valence-electron chi connectivity index (χ0n) is 10.4. The summed E-state index contributed by atoms with van der Waals surface area (Å²) in [7, 11) is 0. The van der Waals surface area contributed by atoms with Gasteiger partial charge in [-0.25, -0.2) is 5.53 Å². The van der Waals surface area contributed by atoms with Gasteiger partial charge < -0.3 is 5.32 Å². The van der Waals surface area contributed by atoms with Gasteiger partial charge in [0.15, 0.2) is 5.78 Å². The highest BCUT2D eigenvalue weighted by Crippen LogP contribution is 2.03. The van der Waals surface area contributed by atoms with Crippen molar-refractivity contribution in [3.63, 3.8) is 0 Å². The summed E-state index contributed by atoms with van der Waals surface area (Å²) < 4.78 is 0. The maximum atomic E-state index is 11.6. The third-order valence-electron chi connectivity index (χ3n) is 2.46. The fourth-order valence-corrected chi connectivity index (χ4v) is 1.54. The molecule has 0 saturated carbocycles. The molecule has 0 radical (unpaired) electrons. The maximum Gasteiger partial charge on any atom is 0.222 e. The number of rotatable bonds is 6. The summed E-state index contributed by atoms with van der Waals surface area (Å²) in [5.74, 6) is -0.0542. The van der Waals surface area contributed by atoms with Crippen molar-refractivity contribution in [1.82, 2.24) is 21.4 Å². The van der Waals surface area contributed by atoms with Crippen LogP contribution >= 0.6 is 0 Å². The Morgan fingerprint density at radius 1 is 1.47 bits per heavy atom. The largest absolute Gasteiger partial charge is 0.346 e. The zero-order chi connectivity index (χ0) is 12.8. The first kappa shape index (κ1) is 13.4. The number of carbonyl (C=O) groups is 2. The molecule has 7 nitrogen and oxygen atoms in total. The van der Waals surface area contributed by atoms with Crippen LogP contribution in [-0.2, 0) is 9.59 Å². The first-order valence-electron chi connectivity index (χ1n) is 5.61. The molecule has 0 aromatic heterocycles. The van der Waals surface area contributed by atoms with Crippen LogP contribution in [-0.4, -0.2) is 35.6 Å². The van der Waals surface area contributed by atoms with Crippen LogP contribution in [0.2, 0.25) is 0 Å². The topological polar surface area (TPSA) is 85.8 Å². The van der Waals surface area contributed by atoms with E-state index in [1.54, 1.807) is 11.3 Å². The molecule has 1 aliphatic heterocycles. The molecular weight excluding hydrogens is 222 g/mol. The van der Waals surface area contributed by atoms with E-state index >= 15 is 0 Å². The van der Waals surface area contributed by atoms with E-state index in [9.17, 15) is 9.59 Å². The number of hydrogen-bond acceptors (Lipinski definition) is 6. The predicted octanol–water partition coefficient (Wildman–Crippen LogP) is -0.626. The molecule has 1 rings (SSSR count). The van der Waals surface area contributed by atoms with E-state index < -0.39 is 6.04 Å². The maximum absolute atomic E-state index is 11.6. The Hall–Kier alpha value is -1.63. The molecule has 0 aliphatic carbocycles. The average Bonchev–Trinajstić information content (AvgIpc) is 2.74. The minimum absolute atomic E-state index is 0.0177. The lowest BCUT2D eigenvalue weighted by atomic mass is 10.0. The van der Waals surface area contributed by atoms with Crippen molar-refractivity contribution in [2.45, 2.75) is 33.2 Å². The first-order valence-corrected chi connectivity index (χ1v) is 5.61. The van der Waals surface area contributed by atoms with E-state index in [0.717, 1.165) is 0 Å². The van der Waals surface area contributed by atoms with Gasteiger partial charge in [-0.15, -0.1) is 5.53 Å². The molecule has 0 spiro atoms. The Bertz CT molecular complexity index is 316. The second kappa shape index (κ2) is 6.19. The summed E-state index contributed by atoms with van der Waals surface area (Å²) in [5.41, 5.74) is 5.26. The third-order valence-corrected chi connectivity index (χ3v) is 2.46. The Kier molecular flexibility index (Phi) is 4.89. The second-order valence-corrected chi connectivity index (χ2v) is 4.31. The summed E-state index contributed by atoms with van der Waals surface area (Å²) in [4.78, 5) is 22.9. The lowest BCUT2D eigenvalue weighted by Gasteiger charge is -2.20. The molecule has 96 valence electrons. The van der Waals surface area contributed by atoms with Gasteiger partial charge in [0.05, 0.1) is 6.04 Å². The molecule has 1 heterocycles. The van der Waals surface area contributed by atoms with Gasteiger partial charge in [0.2, 0.25) is 5.91 Å². The van der Waals surface area contributed by atoms with Gasteiger partial charge in [0, 0.05) is 13.0 Å². The fraction of sp³-hybridized carbons (Fsp3) is 0.700. The molecule has 0 saturated heterocycles. The van der Waals surface area contributed by atoms with Crippen molar-refractivity contribution in [3.05, 3.63) is 0 Å². The summed E-state index contributed by atoms with van der Waals surface area (Å²) >= 11 is 0. The van der Waals surface area contributed by atoms with E-state index in [2.05, 4.69) is 21.5 Å². The lowest BCUT2D eigenvalue weighted by molar-refractivity contribution is -0.127. The van der Waals surface area contributed by atoms with Crippen LogP contribution in [0, 0.1) is 5.92 Å². The number of Topliss-reactive ketones (excluding diaryl/α,β-unsaturated/α-hetero) is 1. The van der Waals surface area contributed by atoms with E-state index in [4.69, 9.17) is 0 Å². The summed E-state index contributed by atoms with van der Waals surface area (Å²) in [6, 6.07) is -0.402. The molecule has 17 heavy (non-hydrogen) atoms. The van der Waals surface area contributed by atoms with Crippen LogP contribution in [0.15, 0.2) is 5.10 Å². The van der Waals surface area contributed by atoms with E-state index in [-0.39, 0.29) is 17.6 Å². The molecule has 0 bridgehead atoms. The Morgan fingerprint density at radius 3 is 2.65 bits per heavy atom. The molecule has 0 fully saturated rings. The molecule has 0 aromatic carbocycles. The van der Waals surface area contributed by atoms with Gasteiger partial charge in [-0.05, 0) is 12.8 Å².